The van der Waals surface area contributed by atoms with Crippen LogP contribution < -0.4 is 5.32 Å². The van der Waals surface area contributed by atoms with Crippen molar-refractivity contribution in [1.82, 2.24) is 4.90 Å². The molecular weight excluding hydrogens is 362 g/mol. The Morgan fingerprint density at radius 2 is 2.03 bits per heavy atom. The van der Waals surface area contributed by atoms with Crippen LogP contribution in [-0.4, -0.2) is 49.8 Å². The molecule has 1 aromatic rings. The number of hydrogen-bond donors (Lipinski definition) is 1. The first-order chi connectivity index (χ1) is 13.8. The van der Waals surface area contributed by atoms with Crippen molar-refractivity contribution in [3.63, 3.8) is 0 Å². The van der Waals surface area contributed by atoms with Gasteiger partial charge in [0.25, 0.3) is 5.91 Å². The zero-order chi connectivity index (χ0) is 21.6. The maximum Gasteiger partial charge on any atom is 0.252 e. The largest absolute Gasteiger partial charge is 0.345 e. The summed E-state index contributed by atoms with van der Waals surface area (Å²) in [7, 11) is 5.02. The Morgan fingerprint density at radius 3 is 2.62 bits per heavy atom. The van der Waals surface area contributed by atoms with E-state index in [-0.39, 0.29) is 5.91 Å². The van der Waals surface area contributed by atoms with Gasteiger partial charge in [0.05, 0.1) is 5.70 Å². The Hall–Kier alpha value is -3.54. The zero-order valence-electron chi connectivity index (χ0n) is 17.7. The normalized spacial score (nSPS) is 18.4. The second-order valence-electron chi connectivity index (χ2n) is 6.74. The highest BCUT2D eigenvalue weighted by Gasteiger charge is 2.25. The number of aryl methyl sites for hydroxylation is 1. The highest BCUT2D eigenvalue weighted by molar-refractivity contribution is 6.53. The van der Waals surface area contributed by atoms with E-state index in [0.717, 1.165) is 16.8 Å². The smallest absolute Gasteiger partial charge is 0.252 e. The summed E-state index contributed by atoms with van der Waals surface area (Å²) in [6, 6.07) is 7.95. The lowest BCUT2D eigenvalue weighted by atomic mass is 9.94. The molecule has 2 rings (SSSR count). The van der Waals surface area contributed by atoms with Crippen molar-refractivity contribution in [3.05, 3.63) is 77.6 Å². The molecule has 0 fully saturated rings. The fraction of sp³-hybridized carbons (Fsp3) is 0.217. The number of nitrogens with zero attached hydrogens (tertiary/aromatic N) is 4. The Balaban J connectivity index is 2.59. The zero-order valence-corrected chi connectivity index (χ0v) is 17.7. The van der Waals surface area contributed by atoms with Gasteiger partial charge in [-0.25, -0.2) is 9.98 Å². The summed E-state index contributed by atoms with van der Waals surface area (Å²) >= 11 is 0. The standard InChI is InChI=1S/C23H27N5O/c1-8-19-17(4)21(25-14-24-5)22(26-18-11-9-10-15(2)12-18)27-20(19)13-16(3)23(29)28(6)7/h8-14H,3-4H2,1-2,5-7H3,(H,26,27)/b19-8-,20-13+,24-14?,25-21?. The van der Waals surface area contributed by atoms with Crippen LogP contribution in [0.2, 0.25) is 0 Å². The summed E-state index contributed by atoms with van der Waals surface area (Å²) in [6.07, 6.45) is 5.03. The van der Waals surface area contributed by atoms with E-state index >= 15 is 0 Å². The molecule has 0 radical (unpaired) electrons. The number of allylic oxidation sites excluding steroid dienone is 2. The van der Waals surface area contributed by atoms with E-state index in [2.05, 4.69) is 28.5 Å². The van der Waals surface area contributed by atoms with Crippen LogP contribution in [0.4, 0.5) is 5.69 Å². The molecule has 1 aliphatic heterocycles. The van der Waals surface area contributed by atoms with Gasteiger partial charge in [0.1, 0.15) is 12.1 Å². The van der Waals surface area contributed by atoms with E-state index in [1.807, 2.05) is 44.2 Å². The second kappa shape index (κ2) is 9.59. The van der Waals surface area contributed by atoms with Crippen molar-refractivity contribution in [3.8, 4) is 0 Å². The third-order valence-corrected chi connectivity index (χ3v) is 4.21. The van der Waals surface area contributed by atoms with Crippen molar-refractivity contribution < 1.29 is 4.79 Å². The van der Waals surface area contributed by atoms with E-state index in [1.165, 1.54) is 11.2 Å². The quantitative estimate of drug-likeness (QED) is 0.481. The predicted octanol–water partition coefficient (Wildman–Crippen LogP) is 3.95. The van der Waals surface area contributed by atoms with Crippen LogP contribution in [-0.2, 0) is 4.79 Å². The van der Waals surface area contributed by atoms with Crippen molar-refractivity contribution in [2.24, 2.45) is 15.0 Å². The number of amides is 1. The molecule has 1 heterocycles. The Morgan fingerprint density at radius 1 is 1.31 bits per heavy atom. The van der Waals surface area contributed by atoms with E-state index < -0.39 is 0 Å². The fourth-order valence-corrected chi connectivity index (χ4v) is 2.81. The Bertz CT molecular complexity index is 990. The molecule has 1 amide bonds. The van der Waals surface area contributed by atoms with E-state index in [1.54, 1.807) is 27.2 Å². The van der Waals surface area contributed by atoms with Gasteiger partial charge < -0.3 is 10.2 Å². The third kappa shape index (κ3) is 5.25. The molecule has 1 aliphatic rings. The average molecular weight is 390 g/mol. The number of anilines is 1. The van der Waals surface area contributed by atoms with Crippen molar-refractivity contribution in [1.29, 1.82) is 0 Å². The lowest BCUT2D eigenvalue weighted by Gasteiger charge is -2.23. The van der Waals surface area contributed by atoms with Gasteiger partial charge in [-0.1, -0.05) is 31.4 Å². The minimum absolute atomic E-state index is 0.181. The topological polar surface area (TPSA) is 69.4 Å². The number of rotatable bonds is 4. The van der Waals surface area contributed by atoms with Gasteiger partial charge in [0, 0.05) is 43.5 Å². The number of likely N-dealkylation sites (N-methyl/N-ethyl adjacent to an activating group) is 1. The van der Waals surface area contributed by atoms with Gasteiger partial charge >= 0.3 is 0 Å². The third-order valence-electron chi connectivity index (χ3n) is 4.21. The Labute approximate surface area is 172 Å². The number of aliphatic imine (C=N–C) groups is 3. The number of hydrogen-bond acceptors (Lipinski definition) is 4. The first-order valence-corrected chi connectivity index (χ1v) is 9.18. The van der Waals surface area contributed by atoms with Crippen LogP contribution in [0.5, 0.6) is 0 Å². The predicted molar refractivity (Wildman–Crippen MR) is 123 cm³/mol. The van der Waals surface area contributed by atoms with E-state index in [9.17, 15) is 4.79 Å². The summed E-state index contributed by atoms with van der Waals surface area (Å²) in [5.41, 5.74) is 5.00. The van der Waals surface area contributed by atoms with Gasteiger partial charge in [-0.3, -0.25) is 9.79 Å². The molecule has 1 aromatic carbocycles. The molecule has 0 unspecified atom stereocenters. The van der Waals surface area contributed by atoms with Crippen LogP contribution in [0.3, 0.4) is 0 Å². The van der Waals surface area contributed by atoms with Crippen molar-refractivity contribution in [2.45, 2.75) is 13.8 Å². The average Bonchev–Trinajstić information content (AvgIpc) is 2.67. The van der Waals surface area contributed by atoms with Gasteiger partial charge in [-0.15, -0.1) is 0 Å². The van der Waals surface area contributed by atoms with Crippen molar-refractivity contribution in [2.75, 3.05) is 26.5 Å². The van der Waals surface area contributed by atoms with E-state index in [4.69, 9.17) is 4.99 Å². The minimum atomic E-state index is -0.181. The van der Waals surface area contributed by atoms with E-state index in [0.29, 0.717) is 28.4 Å². The lowest BCUT2D eigenvalue weighted by Crippen LogP contribution is -2.30. The second-order valence-corrected chi connectivity index (χ2v) is 6.74. The van der Waals surface area contributed by atoms with Gasteiger partial charge in [0.2, 0.25) is 0 Å². The number of carbonyl (C=O) groups excluding carboxylic acids is 1. The molecule has 0 spiro atoms. The molecule has 0 atom stereocenters. The number of carbonyl (C=O) groups is 1. The molecule has 1 N–H and O–H groups in total. The molecular formula is C23H27N5O. The van der Waals surface area contributed by atoms with Crippen LogP contribution in [0.15, 0.2) is 87.0 Å². The first kappa shape index (κ1) is 21.8. The van der Waals surface area contributed by atoms with Crippen LogP contribution >= 0.6 is 0 Å². The summed E-state index contributed by atoms with van der Waals surface area (Å²) < 4.78 is 0. The molecule has 0 bridgehead atoms. The molecule has 6 heteroatoms. The maximum atomic E-state index is 12.2. The lowest BCUT2D eigenvalue weighted by molar-refractivity contribution is -0.124. The van der Waals surface area contributed by atoms with Crippen LogP contribution in [0.1, 0.15) is 12.5 Å². The monoisotopic (exact) mass is 389 g/mol. The molecule has 29 heavy (non-hydrogen) atoms. The van der Waals surface area contributed by atoms with Gasteiger partial charge in [0.15, 0.2) is 5.84 Å². The SMILES string of the molecule is C=C(/C=C1/N=C(Nc2cccc(C)c2)C(=NC=NC)C(=C)/C1=C/C)C(=O)N(C)C. The summed E-state index contributed by atoms with van der Waals surface area (Å²) in [5.74, 6) is 0.349. The number of benzene rings is 1. The Kier molecular flexibility index (Phi) is 7.20. The van der Waals surface area contributed by atoms with Crippen molar-refractivity contribution >= 4 is 29.5 Å². The summed E-state index contributed by atoms with van der Waals surface area (Å²) in [4.78, 5) is 26.8. The van der Waals surface area contributed by atoms with Gasteiger partial charge in [-0.05, 0) is 37.6 Å². The van der Waals surface area contributed by atoms with Crippen LogP contribution in [0, 0.1) is 6.92 Å². The summed E-state index contributed by atoms with van der Waals surface area (Å²) in [6.45, 7) is 12.0. The molecule has 0 saturated carbocycles. The highest BCUT2D eigenvalue weighted by atomic mass is 16.2. The molecule has 6 nitrogen and oxygen atoms in total. The molecule has 0 aliphatic carbocycles. The molecule has 150 valence electrons. The number of amidine groups is 1. The minimum Gasteiger partial charge on any atom is -0.345 e. The van der Waals surface area contributed by atoms with Gasteiger partial charge in [-0.2, -0.15) is 0 Å². The number of nitrogens with one attached hydrogen (secondary N) is 1. The molecule has 0 saturated heterocycles. The molecule has 0 aromatic heterocycles. The van der Waals surface area contributed by atoms with Crippen LogP contribution in [0.25, 0.3) is 0 Å². The summed E-state index contributed by atoms with van der Waals surface area (Å²) in [5, 5.41) is 3.31. The fourth-order valence-electron chi connectivity index (χ4n) is 2.81. The maximum absolute atomic E-state index is 12.2. The highest BCUT2D eigenvalue weighted by Crippen LogP contribution is 2.28. The first-order valence-electron chi connectivity index (χ1n) is 9.18.